The van der Waals surface area contributed by atoms with E-state index in [1.807, 2.05) is 27.7 Å². The average molecular weight is 300 g/mol. The summed E-state index contributed by atoms with van der Waals surface area (Å²) in [5.74, 6) is -11.6. The third-order valence-electron chi connectivity index (χ3n) is 1.85. The van der Waals surface area contributed by atoms with E-state index in [0.29, 0.717) is 0 Å². The van der Waals surface area contributed by atoms with Gasteiger partial charge < -0.3 is 4.74 Å². The molecule has 1 aromatic rings. The van der Waals surface area contributed by atoms with Gasteiger partial charge in [0.15, 0.2) is 23.3 Å². The van der Waals surface area contributed by atoms with Crippen molar-refractivity contribution in [3.63, 3.8) is 0 Å². The Morgan fingerprint density at radius 1 is 0.800 bits per heavy atom. The van der Waals surface area contributed by atoms with Crippen molar-refractivity contribution in [1.29, 1.82) is 0 Å². The zero-order valence-corrected chi connectivity index (χ0v) is 11.9. The van der Waals surface area contributed by atoms with Gasteiger partial charge in [-0.3, -0.25) is 4.79 Å². The Morgan fingerprint density at radius 3 is 1.40 bits per heavy atom. The van der Waals surface area contributed by atoms with Gasteiger partial charge in [-0.05, 0) is 0 Å². The Hall–Kier alpha value is -1.66. The van der Waals surface area contributed by atoms with Crippen molar-refractivity contribution in [3.05, 3.63) is 34.6 Å². The maximum absolute atomic E-state index is 13.0. The standard InChI is InChI=1S/C9H5F5O2.2C2H6/c1-16-4(15)2-3-5(10)7(12)9(14)8(13)6(3)11;2*1-2/h2H2,1H3;2*1-2H3. The predicted octanol–water partition coefficient (Wildman–Crippen LogP) is 4.15. The number of hydrogen-bond donors (Lipinski definition) is 0. The van der Waals surface area contributed by atoms with Crippen molar-refractivity contribution in [1.82, 2.24) is 0 Å². The lowest BCUT2D eigenvalue weighted by atomic mass is 10.1. The Bertz CT molecular complexity index is 418. The first-order valence-electron chi connectivity index (χ1n) is 5.97. The predicted molar refractivity (Wildman–Crippen MR) is 64.6 cm³/mol. The fourth-order valence-corrected chi connectivity index (χ4v) is 1.02. The Labute approximate surface area is 114 Å². The molecular formula is C13H17F5O2. The molecule has 0 saturated carbocycles. The van der Waals surface area contributed by atoms with Crippen molar-refractivity contribution in [2.24, 2.45) is 0 Å². The Kier molecular flexibility index (Phi) is 10.5. The smallest absolute Gasteiger partial charge is 0.310 e. The van der Waals surface area contributed by atoms with Crippen LogP contribution in [0.1, 0.15) is 33.3 Å². The van der Waals surface area contributed by atoms with Gasteiger partial charge in [0.2, 0.25) is 5.82 Å². The van der Waals surface area contributed by atoms with E-state index in [9.17, 15) is 26.7 Å². The molecule has 0 radical (unpaired) electrons. The van der Waals surface area contributed by atoms with E-state index in [2.05, 4.69) is 4.74 Å². The fraction of sp³-hybridized carbons (Fsp3) is 0.462. The molecule has 0 atom stereocenters. The first-order chi connectivity index (χ1) is 9.40. The van der Waals surface area contributed by atoms with E-state index < -0.39 is 47.0 Å². The minimum atomic E-state index is -2.26. The van der Waals surface area contributed by atoms with Crippen molar-refractivity contribution in [2.75, 3.05) is 7.11 Å². The van der Waals surface area contributed by atoms with Crippen LogP contribution in [0.5, 0.6) is 0 Å². The normalized spacial score (nSPS) is 8.90. The lowest BCUT2D eigenvalue weighted by molar-refractivity contribution is -0.139. The van der Waals surface area contributed by atoms with E-state index in [1.165, 1.54) is 0 Å². The van der Waals surface area contributed by atoms with Gasteiger partial charge in [0, 0.05) is 5.56 Å². The summed E-state index contributed by atoms with van der Waals surface area (Å²) in [6.07, 6.45) is -1.03. The SMILES string of the molecule is CC.CC.COC(=O)Cc1c(F)c(F)c(F)c(F)c1F. The van der Waals surface area contributed by atoms with Gasteiger partial charge in [-0.25, -0.2) is 22.0 Å². The summed E-state index contributed by atoms with van der Waals surface area (Å²) in [6, 6.07) is 0. The summed E-state index contributed by atoms with van der Waals surface area (Å²) in [5.41, 5.74) is -1.21. The second kappa shape index (κ2) is 10.2. The number of hydrogen-bond acceptors (Lipinski definition) is 2. The number of halogens is 5. The minimum absolute atomic E-state index is 0.925. The first kappa shape index (κ1) is 20.7. The van der Waals surface area contributed by atoms with E-state index >= 15 is 0 Å². The van der Waals surface area contributed by atoms with Crippen LogP contribution in [0.3, 0.4) is 0 Å². The fourth-order valence-electron chi connectivity index (χ4n) is 1.02. The quantitative estimate of drug-likeness (QED) is 0.355. The molecular weight excluding hydrogens is 283 g/mol. The molecule has 0 unspecified atom stereocenters. The zero-order chi connectivity index (χ0) is 16.5. The van der Waals surface area contributed by atoms with Crippen LogP contribution >= 0.6 is 0 Å². The zero-order valence-electron chi connectivity index (χ0n) is 11.9. The monoisotopic (exact) mass is 300 g/mol. The molecule has 7 heteroatoms. The summed E-state index contributed by atoms with van der Waals surface area (Å²) in [4.78, 5) is 10.7. The highest BCUT2D eigenvalue weighted by Crippen LogP contribution is 2.23. The largest absolute Gasteiger partial charge is 0.469 e. The van der Waals surface area contributed by atoms with E-state index in [1.54, 1.807) is 0 Å². The van der Waals surface area contributed by atoms with Gasteiger partial charge >= 0.3 is 5.97 Å². The molecule has 0 aliphatic heterocycles. The lowest BCUT2D eigenvalue weighted by Gasteiger charge is -2.06. The summed E-state index contributed by atoms with van der Waals surface area (Å²) in [7, 11) is 0.925. The molecule has 0 fully saturated rings. The summed E-state index contributed by atoms with van der Waals surface area (Å²) in [6.45, 7) is 8.00. The Morgan fingerprint density at radius 2 is 1.10 bits per heavy atom. The molecule has 0 bridgehead atoms. The van der Waals surface area contributed by atoms with Crippen molar-refractivity contribution >= 4 is 5.97 Å². The molecule has 0 N–H and O–H groups in total. The van der Waals surface area contributed by atoms with Gasteiger partial charge in [0.05, 0.1) is 13.5 Å². The lowest BCUT2D eigenvalue weighted by Crippen LogP contribution is -2.13. The van der Waals surface area contributed by atoms with Gasteiger partial charge in [-0.15, -0.1) is 0 Å². The molecule has 0 spiro atoms. The molecule has 1 aromatic carbocycles. The minimum Gasteiger partial charge on any atom is -0.469 e. The van der Waals surface area contributed by atoms with Gasteiger partial charge in [-0.2, -0.15) is 0 Å². The average Bonchev–Trinajstić information content (AvgIpc) is 2.51. The van der Waals surface area contributed by atoms with Crippen LogP contribution in [0.25, 0.3) is 0 Å². The van der Waals surface area contributed by atoms with E-state index in [4.69, 9.17) is 0 Å². The molecule has 0 aliphatic rings. The molecule has 20 heavy (non-hydrogen) atoms. The van der Waals surface area contributed by atoms with Crippen LogP contribution in [0.15, 0.2) is 0 Å². The van der Waals surface area contributed by atoms with Crippen LogP contribution in [0.4, 0.5) is 22.0 Å². The molecule has 2 nitrogen and oxygen atoms in total. The van der Waals surface area contributed by atoms with E-state index in [0.717, 1.165) is 7.11 Å². The molecule has 0 aliphatic carbocycles. The number of esters is 1. The maximum atomic E-state index is 13.0. The number of rotatable bonds is 2. The van der Waals surface area contributed by atoms with Crippen LogP contribution in [0.2, 0.25) is 0 Å². The molecule has 0 heterocycles. The van der Waals surface area contributed by atoms with Crippen molar-refractivity contribution < 1.29 is 31.5 Å². The molecule has 0 saturated heterocycles. The van der Waals surface area contributed by atoms with Gasteiger partial charge in [0.25, 0.3) is 0 Å². The van der Waals surface area contributed by atoms with Crippen molar-refractivity contribution in [2.45, 2.75) is 34.1 Å². The second-order valence-electron chi connectivity index (χ2n) is 2.80. The number of carbonyl (C=O) groups excluding carboxylic acids is 1. The molecule has 116 valence electrons. The van der Waals surface area contributed by atoms with Crippen LogP contribution in [-0.2, 0) is 16.0 Å². The number of methoxy groups -OCH3 is 1. The first-order valence-corrected chi connectivity index (χ1v) is 5.97. The van der Waals surface area contributed by atoms with Crippen LogP contribution in [0, 0.1) is 29.1 Å². The topological polar surface area (TPSA) is 26.3 Å². The van der Waals surface area contributed by atoms with Crippen LogP contribution < -0.4 is 0 Å². The molecule has 0 aromatic heterocycles. The molecule has 0 amide bonds. The third kappa shape index (κ3) is 4.79. The second-order valence-corrected chi connectivity index (χ2v) is 2.80. The van der Waals surface area contributed by atoms with Crippen LogP contribution in [-0.4, -0.2) is 13.1 Å². The number of carbonyl (C=O) groups is 1. The highest BCUT2D eigenvalue weighted by Gasteiger charge is 2.26. The Balaban J connectivity index is 0. The van der Waals surface area contributed by atoms with Gasteiger partial charge in [0.1, 0.15) is 0 Å². The highest BCUT2D eigenvalue weighted by molar-refractivity contribution is 5.72. The highest BCUT2D eigenvalue weighted by atomic mass is 19.2. The third-order valence-corrected chi connectivity index (χ3v) is 1.85. The maximum Gasteiger partial charge on any atom is 0.310 e. The number of benzene rings is 1. The molecule has 1 rings (SSSR count). The van der Waals surface area contributed by atoms with E-state index in [-0.39, 0.29) is 0 Å². The van der Waals surface area contributed by atoms with Gasteiger partial charge in [-0.1, -0.05) is 27.7 Å². The summed E-state index contributed by atoms with van der Waals surface area (Å²) < 4.78 is 67.9. The van der Waals surface area contributed by atoms with Crippen molar-refractivity contribution in [3.8, 4) is 0 Å². The summed E-state index contributed by atoms with van der Waals surface area (Å²) >= 11 is 0. The summed E-state index contributed by atoms with van der Waals surface area (Å²) in [5, 5.41) is 0. The number of ether oxygens (including phenoxy) is 1.